The van der Waals surface area contributed by atoms with E-state index in [0.29, 0.717) is 5.76 Å². The maximum Gasteiger partial charge on any atom is 0.403 e. The van der Waals surface area contributed by atoms with Gasteiger partial charge in [0.2, 0.25) is 0 Å². The zero-order valence-corrected chi connectivity index (χ0v) is 13.4. The van der Waals surface area contributed by atoms with Crippen LogP contribution in [0, 0.1) is 6.92 Å². The number of hydrogen-bond acceptors (Lipinski definition) is 3. The Kier molecular flexibility index (Phi) is 4.02. The Balaban J connectivity index is 2.08. The monoisotopic (exact) mass is 312 g/mol. The molecule has 2 aromatic carbocycles. The molecule has 1 aliphatic heterocycles. The molecule has 1 unspecified atom stereocenters. The minimum atomic E-state index is -3.28. The lowest BCUT2D eigenvalue weighted by Crippen LogP contribution is -1.98. The highest BCUT2D eigenvalue weighted by molar-refractivity contribution is 7.57. The number of rotatable bonds is 3. The predicted molar refractivity (Wildman–Crippen MR) is 89.3 cm³/mol. The second kappa shape index (κ2) is 5.96. The van der Waals surface area contributed by atoms with Crippen molar-refractivity contribution < 1.29 is 13.6 Å². The molecule has 2 aromatic rings. The molecule has 0 radical (unpaired) electrons. The zero-order valence-electron chi connectivity index (χ0n) is 12.5. The summed E-state index contributed by atoms with van der Waals surface area (Å²) in [4.78, 5) is 0. The normalized spacial score (nSPS) is 20.8. The van der Waals surface area contributed by atoms with Crippen LogP contribution in [0.15, 0.2) is 66.5 Å². The molecule has 3 nitrogen and oxygen atoms in total. The van der Waals surface area contributed by atoms with Crippen LogP contribution in [-0.4, -0.2) is 7.11 Å². The van der Waals surface area contributed by atoms with E-state index in [1.807, 2.05) is 67.6 Å². The van der Waals surface area contributed by atoms with Gasteiger partial charge < -0.3 is 9.05 Å². The van der Waals surface area contributed by atoms with E-state index in [-0.39, 0.29) is 0 Å². The van der Waals surface area contributed by atoms with Crippen LogP contribution in [0.5, 0.6) is 0 Å². The van der Waals surface area contributed by atoms with Gasteiger partial charge in [-0.2, -0.15) is 0 Å². The highest BCUT2D eigenvalue weighted by Gasteiger charge is 2.28. The predicted octanol–water partition coefficient (Wildman–Crippen LogP) is 5.25. The Hall–Kier alpha value is -2.09. The lowest BCUT2D eigenvalue weighted by Gasteiger charge is -2.22. The summed E-state index contributed by atoms with van der Waals surface area (Å²) in [5.41, 5.74) is 3.88. The molecule has 112 valence electrons. The summed E-state index contributed by atoms with van der Waals surface area (Å²) < 4.78 is 23.4. The molecule has 0 spiro atoms. The Morgan fingerprint density at radius 1 is 0.955 bits per heavy atom. The summed E-state index contributed by atoms with van der Waals surface area (Å²) >= 11 is 0. The molecule has 0 saturated heterocycles. The van der Waals surface area contributed by atoms with Crippen LogP contribution in [0.4, 0.5) is 0 Å². The molecule has 0 amide bonds. The third kappa shape index (κ3) is 3.06. The molecule has 0 fully saturated rings. The molecule has 0 aromatic heterocycles. The van der Waals surface area contributed by atoms with Crippen LogP contribution >= 0.6 is 7.60 Å². The van der Waals surface area contributed by atoms with Crippen molar-refractivity contribution in [2.75, 3.05) is 7.11 Å². The van der Waals surface area contributed by atoms with Crippen LogP contribution in [-0.2, 0) is 13.6 Å². The average molecular weight is 312 g/mol. The molecule has 1 atom stereocenters. The third-order valence-corrected chi connectivity index (χ3v) is 5.06. The van der Waals surface area contributed by atoms with Crippen LogP contribution in [0.2, 0.25) is 0 Å². The molecule has 1 aliphatic rings. The molecular formula is C18H17O3P. The van der Waals surface area contributed by atoms with Gasteiger partial charge in [-0.3, -0.25) is 0 Å². The van der Waals surface area contributed by atoms with E-state index >= 15 is 0 Å². The number of aryl methyl sites for hydroxylation is 1. The van der Waals surface area contributed by atoms with Crippen molar-refractivity contribution in [1.82, 2.24) is 0 Å². The maximum absolute atomic E-state index is 12.7. The number of allylic oxidation sites excluding steroid dienone is 2. The molecule has 0 aliphatic carbocycles. The first-order valence-electron chi connectivity index (χ1n) is 7.02. The van der Waals surface area contributed by atoms with Crippen molar-refractivity contribution in [2.45, 2.75) is 6.92 Å². The van der Waals surface area contributed by atoms with Crippen LogP contribution in [0.25, 0.3) is 11.3 Å². The smallest absolute Gasteiger partial charge is 0.403 e. The lowest BCUT2D eigenvalue weighted by molar-refractivity contribution is 0.319. The quantitative estimate of drug-likeness (QED) is 0.726. The van der Waals surface area contributed by atoms with Gasteiger partial charge in [-0.05, 0) is 24.1 Å². The van der Waals surface area contributed by atoms with Gasteiger partial charge in [-0.15, -0.1) is 0 Å². The molecule has 0 saturated carbocycles. The summed E-state index contributed by atoms with van der Waals surface area (Å²) in [5, 5.41) is 0. The van der Waals surface area contributed by atoms with Crippen molar-refractivity contribution in [1.29, 1.82) is 0 Å². The van der Waals surface area contributed by atoms with Crippen LogP contribution in [0.3, 0.4) is 0 Å². The van der Waals surface area contributed by atoms with Gasteiger partial charge in [0.25, 0.3) is 0 Å². The Bertz CT molecular complexity index is 774. The van der Waals surface area contributed by atoms with Gasteiger partial charge >= 0.3 is 7.60 Å². The van der Waals surface area contributed by atoms with Crippen molar-refractivity contribution >= 4 is 18.9 Å². The first-order chi connectivity index (χ1) is 10.6. The molecule has 0 bridgehead atoms. The van der Waals surface area contributed by atoms with Gasteiger partial charge in [-0.1, -0.05) is 60.2 Å². The fourth-order valence-electron chi connectivity index (χ4n) is 2.27. The second-order valence-electron chi connectivity index (χ2n) is 5.14. The van der Waals surface area contributed by atoms with E-state index in [1.165, 1.54) is 12.7 Å². The third-order valence-electron chi connectivity index (χ3n) is 3.51. The Morgan fingerprint density at radius 2 is 1.64 bits per heavy atom. The zero-order chi connectivity index (χ0) is 15.6. The van der Waals surface area contributed by atoms with Gasteiger partial charge in [0, 0.05) is 18.5 Å². The molecule has 1 heterocycles. The topological polar surface area (TPSA) is 35.5 Å². The average Bonchev–Trinajstić information content (AvgIpc) is 2.56. The van der Waals surface area contributed by atoms with Crippen molar-refractivity contribution in [3.8, 4) is 0 Å². The molecule has 3 rings (SSSR count). The van der Waals surface area contributed by atoms with Gasteiger partial charge in [-0.25, -0.2) is 4.57 Å². The van der Waals surface area contributed by atoms with Gasteiger partial charge in [0.05, 0.1) is 0 Å². The highest BCUT2D eigenvalue weighted by Crippen LogP contribution is 2.57. The molecule has 22 heavy (non-hydrogen) atoms. The van der Waals surface area contributed by atoms with Crippen molar-refractivity contribution in [3.05, 3.63) is 83.2 Å². The molecule has 4 heteroatoms. The fourth-order valence-corrected chi connectivity index (χ4v) is 3.50. The second-order valence-corrected chi connectivity index (χ2v) is 7.02. The summed E-state index contributed by atoms with van der Waals surface area (Å²) in [6.07, 6.45) is 1.90. The van der Waals surface area contributed by atoms with Gasteiger partial charge in [0.15, 0.2) is 0 Å². The van der Waals surface area contributed by atoms with Crippen LogP contribution < -0.4 is 0 Å². The first-order valence-corrected chi connectivity index (χ1v) is 8.63. The van der Waals surface area contributed by atoms with Crippen LogP contribution in [0.1, 0.15) is 16.7 Å². The molecule has 0 N–H and O–H groups in total. The van der Waals surface area contributed by atoms with Crippen molar-refractivity contribution in [3.63, 3.8) is 0 Å². The molecular weight excluding hydrogens is 295 g/mol. The lowest BCUT2D eigenvalue weighted by atomic mass is 10.0. The van der Waals surface area contributed by atoms with E-state index < -0.39 is 7.60 Å². The summed E-state index contributed by atoms with van der Waals surface area (Å²) in [5.74, 6) is 2.13. The highest BCUT2D eigenvalue weighted by atomic mass is 31.2. The number of hydrogen-bond donors (Lipinski definition) is 0. The maximum atomic E-state index is 12.7. The first kappa shape index (κ1) is 14.8. The minimum absolute atomic E-state index is 0.559. The standard InChI is InChI=1S/C18H17O3P/c1-14-8-10-15(11-9-14)17-12-18(16-6-4-3-5-7-16)21-22(19,13-17)20-2/h3-13H,1-2H3. The Morgan fingerprint density at radius 3 is 2.27 bits per heavy atom. The minimum Gasteiger partial charge on any atom is -0.421 e. The number of benzene rings is 2. The fraction of sp³-hybridized carbons (Fsp3) is 0.111. The van der Waals surface area contributed by atoms with E-state index in [2.05, 4.69) is 0 Å². The van der Waals surface area contributed by atoms with E-state index in [1.54, 1.807) is 5.82 Å². The van der Waals surface area contributed by atoms with E-state index in [4.69, 9.17) is 9.05 Å². The summed E-state index contributed by atoms with van der Waals surface area (Å²) in [6.45, 7) is 2.04. The SMILES string of the molecule is COP1(=O)C=C(c2ccc(C)cc2)C=C(c2ccccc2)O1. The largest absolute Gasteiger partial charge is 0.421 e. The summed E-state index contributed by atoms with van der Waals surface area (Å²) in [7, 11) is -1.88. The Labute approximate surface area is 130 Å². The summed E-state index contributed by atoms with van der Waals surface area (Å²) in [6, 6.07) is 17.7. The van der Waals surface area contributed by atoms with E-state index in [0.717, 1.165) is 16.7 Å². The van der Waals surface area contributed by atoms with Crippen molar-refractivity contribution in [2.24, 2.45) is 0 Å². The van der Waals surface area contributed by atoms with E-state index in [9.17, 15) is 4.57 Å². The van der Waals surface area contributed by atoms with Gasteiger partial charge in [0.1, 0.15) is 5.76 Å².